The summed E-state index contributed by atoms with van der Waals surface area (Å²) in [5.74, 6) is 1.69. The van der Waals surface area contributed by atoms with Gasteiger partial charge in [-0.15, -0.1) is 0 Å². The van der Waals surface area contributed by atoms with Gasteiger partial charge in [0.05, 0.1) is 12.6 Å². The minimum Gasteiger partial charge on any atom is -0.494 e. The van der Waals surface area contributed by atoms with Crippen LogP contribution in [0.15, 0.2) is 54.9 Å². The number of carbonyl (C=O) groups excluding carboxylic acids is 2. The van der Waals surface area contributed by atoms with Crippen molar-refractivity contribution in [3.05, 3.63) is 60.4 Å². The molecule has 34 heavy (non-hydrogen) atoms. The Bertz CT molecular complexity index is 1090. The molecule has 3 heterocycles. The van der Waals surface area contributed by atoms with Crippen molar-refractivity contribution in [3.8, 4) is 17.2 Å². The van der Waals surface area contributed by atoms with Crippen molar-refractivity contribution in [1.82, 2.24) is 15.3 Å². The van der Waals surface area contributed by atoms with Crippen molar-refractivity contribution in [3.63, 3.8) is 0 Å². The smallest absolute Gasteiger partial charge is 0.251 e. The van der Waals surface area contributed by atoms with E-state index >= 15 is 0 Å². The van der Waals surface area contributed by atoms with Crippen LogP contribution in [0.2, 0.25) is 0 Å². The van der Waals surface area contributed by atoms with E-state index in [1.807, 2.05) is 35.5 Å². The first-order valence-corrected chi connectivity index (χ1v) is 11.6. The SMILES string of the molecule is CCCCOc1ccc(C2CC3C(=O)N(CC(=O)Nc4ccc5c(c4)OCO5)C=CN3N2)cc1. The molecule has 178 valence electrons. The van der Waals surface area contributed by atoms with Gasteiger partial charge in [0.15, 0.2) is 11.5 Å². The van der Waals surface area contributed by atoms with Gasteiger partial charge >= 0.3 is 0 Å². The van der Waals surface area contributed by atoms with E-state index in [-0.39, 0.29) is 37.2 Å². The molecule has 0 bridgehead atoms. The van der Waals surface area contributed by atoms with Gasteiger partial charge in [-0.2, -0.15) is 0 Å². The molecule has 2 amide bonds. The molecule has 5 rings (SSSR count). The third-order valence-corrected chi connectivity index (χ3v) is 6.09. The fourth-order valence-corrected chi connectivity index (χ4v) is 4.24. The molecule has 0 aromatic heterocycles. The molecule has 0 spiro atoms. The van der Waals surface area contributed by atoms with Crippen LogP contribution in [0, 0.1) is 0 Å². The highest BCUT2D eigenvalue weighted by Crippen LogP contribution is 2.34. The summed E-state index contributed by atoms with van der Waals surface area (Å²) >= 11 is 0. The third-order valence-electron chi connectivity index (χ3n) is 6.09. The molecule has 2 unspecified atom stereocenters. The number of unbranched alkanes of at least 4 members (excludes halogenated alkanes) is 1. The van der Waals surface area contributed by atoms with Gasteiger partial charge in [-0.1, -0.05) is 25.5 Å². The molecule has 1 fully saturated rings. The number of hydrogen-bond donors (Lipinski definition) is 2. The average Bonchev–Trinajstić information content (AvgIpc) is 3.49. The van der Waals surface area contributed by atoms with Gasteiger partial charge in [-0.25, -0.2) is 5.43 Å². The van der Waals surface area contributed by atoms with Crippen molar-refractivity contribution < 1.29 is 23.8 Å². The number of ether oxygens (including phenoxy) is 3. The van der Waals surface area contributed by atoms with Crippen LogP contribution in [0.3, 0.4) is 0 Å². The lowest BCUT2D eigenvalue weighted by Crippen LogP contribution is -2.49. The lowest BCUT2D eigenvalue weighted by molar-refractivity contribution is -0.137. The minimum atomic E-state index is -0.367. The average molecular weight is 465 g/mol. The quantitative estimate of drug-likeness (QED) is 0.580. The van der Waals surface area contributed by atoms with E-state index in [1.165, 1.54) is 4.90 Å². The van der Waals surface area contributed by atoms with Crippen LogP contribution >= 0.6 is 0 Å². The maximum absolute atomic E-state index is 13.1. The zero-order valence-corrected chi connectivity index (χ0v) is 19.0. The molecule has 2 aromatic rings. The number of amides is 2. The highest BCUT2D eigenvalue weighted by molar-refractivity contribution is 5.96. The summed E-state index contributed by atoms with van der Waals surface area (Å²) in [6.07, 6.45) is 6.18. The second-order valence-corrected chi connectivity index (χ2v) is 8.49. The van der Waals surface area contributed by atoms with Gasteiger partial charge in [0.1, 0.15) is 18.3 Å². The summed E-state index contributed by atoms with van der Waals surface area (Å²) in [5, 5.41) is 4.64. The maximum Gasteiger partial charge on any atom is 0.251 e. The highest BCUT2D eigenvalue weighted by Gasteiger charge is 2.40. The minimum absolute atomic E-state index is 0.00528. The van der Waals surface area contributed by atoms with Crippen LogP contribution in [-0.4, -0.2) is 47.7 Å². The molecule has 2 N–H and O–H groups in total. The summed E-state index contributed by atoms with van der Waals surface area (Å²) < 4.78 is 16.4. The van der Waals surface area contributed by atoms with Crippen molar-refractivity contribution >= 4 is 17.5 Å². The normalized spacial score (nSPS) is 20.4. The Morgan fingerprint density at radius 3 is 2.79 bits per heavy atom. The van der Waals surface area contributed by atoms with E-state index in [4.69, 9.17) is 14.2 Å². The first kappa shape index (κ1) is 22.1. The molecular weight excluding hydrogens is 436 g/mol. The summed E-state index contributed by atoms with van der Waals surface area (Å²) in [7, 11) is 0. The molecule has 0 radical (unpaired) electrons. The molecule has 9 nitrogen and oxygen atoms in total. The number of carbonyl (C=O) groups is 2. The first-order chi connectivity index (χ1) is 16.6. The summed E-state index contributed by atoms with van der Waals surface area (Å²) in [6.45, 7) is 2.95. The molecule has 3 aliphatic rings. The van der Waals surface area contributed by atoms with Crippen LogP contribution in [0.5, 0.6) is 17.2 Å². The Labute approximate surface area is 198 Å². The van der Waals surface area contributed by atoms with Gasteiger partial charge in [-0.3, -0.25) is 9.59 Å². The van der Waals surface area contributed by atoms with Crippen molar-refractivity contribution in [2.45, 2.75) is 38.3 Å². The van der Waals surface area contributed by atoms with Crippen LogP contribution in [-0.2, 0) is 9.59 Å². The first-order valence-electron chi connectivity index (χ1n) is 11.6. The number of hydrazine groups is 1. The zero-order valence-electron chi connectivity index (χ0n) is 19.0. The molecule has 1 saturated heterocycles. The standard InChI is InChI=1S/C25H28N4O5/c1-2-3-12-32-19-7-4-17(5-8-19)20-14-21-25(31)28(10-11-29(21)27-20)15-24(30)26-18-6-9-22-23(13-18)34-16-33-22/h4-11,13,20-21,27H,2-3,12,14-16H2,1H3,(H,26,30). The van der Waals surface area contributed by atoms with E-state index < -0.39 is 0 Å². The van der Waals surface area contributed by atoms with Gasteiger partial charge in [0.25, 0.3) is 5.91 Å². The molecule has 2 atom stereocenters. The Morgan fingerprint density at radius 1 is 1.15 bits per heavy atom. The highest BCUT2D eigenvalue weighted by atomic mass is 16.7. The molecule has 9 heteroatoms. The topological polar surface area (TPSA) is 92.4 Å². The molecule has 0 saturated carbocycles. The molecular formula is C25H28N4O5. The second kappa shape index (κ2) is 9.64. The number of nitrogens with one attached hydrogen (secondary N) is 2. The number of rotatable bonds is 8. The van der Waals surface area contributed by atoms with E-state index in [2.05, 4.69) is 17.7 Å². The van der Waals surface area contributed by atoms with Crippen molar-refractivity contribution in [2.24, 2.45) is 0 Å². The monoisotopic (exact) mass is 464 g/mol. The van der Waals surface area contributed by atoms with E-state index in [1.54, 1.807) is 24.4 Å². The number of anilines is 1. The summed E-state index contributed by atoms with van der Waals surface area (Å²) in [6, 6.07) is 12.8. The largest absolute Gasteiger partial charge is 0.494 e. The molecule has 2 aromatic carbocycles. The van der Waals surface area contributed by atoms with Crippen LogP contribution in [0.4, 0.5) is 5.69 Å². The van der Waals surface area contributed by atoms with Crippen LogP contribution in [0.1, 0.15) is 37.8 Å². The number of fused-ring (bicyclic) bond motifs is 2. The van der Waals surface area contributed by atoms with E-state index in [0.29, 0.717) is 30.2 Å². The lowest BCUT2D eigenvalue weighted by atomic mass is 10.0. The molecule has 0 aliphatic carbocycles. The third kappa shape index (κ3) is 4.65. The summed E-state index contributed by atoms with van der Waals surface area (Å²) in [5.41, 5.74) is 5.06. The Hall–Kier alpha value is -3.72. The summed E-state index contributed by atoms with van der Waals surface area (Å²) in [4.78, 5) is 27.1. The fourth-order valence-electron chi connectivity index (χ4n) is 4.24. The fraction of sp³-hybridized carbons (Fsp3) is 0.360. The van der Waals surface area contributed by atoms with Crippen LogP contribution in [0.25, 0.3) is 0 Å². The number of benzene rings is 2. The van der Waals surface area contributed by atoms with E-state index in [0.717, 1.165) is 24.2 Å². The van der Waals surface area contributed by atoms with Gasteiger partial charge in [0.2, 0.25) is 12.7 Å². The van der Waals surface area contributed by atoms with Crippen molar-refractivity contribution in [2.75, 3.05) is 25.3 Å². The Kier molecular flexibility index (Phi) is 6.27. The lowest BCUT2D eigenvalue weighted by Gasteiger charge is -2.31. The predicted molar refractivity (Wildman–Crippen MR) is 125 cm³/mol. The molecule has 3 aliphatic heterocycles. The second-order valence-electron chi connectivity index (χ2n) is 8.49. The Balaban J connectivity index is 1.16. The number of nitrogens with zero attached hydrogens (tertiary/aromatic N) is 2. The maximum atomic E-state index is 13.1. The van der Waals surface area contributed by atoms with Gasteiger partial charge in [0, 0.05) is 24.2 Å². The van der Waals surface area contributed by atoms with Gasteiger partial charge in [-0.05, 0) is 42.7 Å². The van der Waals surface area contributed by atoms with Crippen molar-refractivity contribution in [1.29, 1.82) is 0 Å². The van der Waals surface area contributed by atoms with Crippen LogP contribution < -0.4 is 25.0 Å². The zero-order chi connectivity index (χ0) is 23.5. The van der Waals surface area contributed by atoms with Gasteiger partial charge < -0.3 is 29.4 Å². The number of hydrogen-bond acceptors (Lipinski definition) is 7. The predicted octanol–water partition coefficient (Wildman–Crippen LogP) is 3.17. The van der Waals surface area contributed by atoms with E-state index in [9.17, 15) is 9.59 Å². The Morgan fingerprint density at radius 2 is 1.97 bits per heavy atom.